The molecular formula is C12H20N2OS. The Hall–Kier alpha value is -0.740. The molecule has 0 aliphatic carbocycles. The van der Waals surface area contributed by atoms with Crippen LogP contribution in [0.1, 0.15) is 13.3 Å². The lowest BCUT2D eigenvalue weighted by Gasteiger charge is -2.15. The number of thioether (sulfide) groups is 1. The van der Waals surface area contributed by atoms with E-state index in [0.29, 0.717) is 6.04 Å². The first kappa shape index (κ1) is 13.3. The Balaban J connectivity index is 2.35. The van der Waals surface area contributed by atoms with Gasteiger partial charge in [0.1, 0.15) is 0 Å². The molecule has 0 aliphatic heterocycles. The highest BCUT2D eigenvalue weighted by atomic mass is 32.2. The smallest absolute Gasteiger partial charge is 0.250 e. The van der Waals surface area contributed by atoms with Crippen molar-refractivity contribution in [3.8, 4) is 0 Å². The molecule has 1 atom stereocenters. The number of nitrogens with zero attached hydrogens (tertiary/aromatic N) is 1. The Morgan fingerprint density at radius 3 is 2.94 bits per heavy atom. The third-order valence-electron chi connectivity index (χ3n) is 2.55. The molecule has 1 heterocycles. The van der Waals surface area contributed by atoms with Crippen LogP contribution >= 0.6 is 11.8 Å². The SMILES string of the molecule is CCC(CSC)NCCn1ccccc1=O. The molecule has 1 aromatic heterocycles. The second-order valence-corrected chi connectivity index (χ2v) is 4.66. The normalized spacial score (nSPS) is 12.6. The van der Waals surface area contributed by atoms with Crippen molar-refractivity contribution in [2.75, 3.05) is 18.6 Å². The van der Waals surface area contributed by atoms with Gasteiger partial charge in [0, 0.05) is 37.1 Å². The number of hydrogen-bond acceptors (Lipinski definition) is 3. The van der Waals surface area contributed by atoms with E-state index >= 15 is 0 Å². The zero-order valence-corrected chi connectivity index (χ0v) is 10.8. The third kappa shape index (κ3) is 4.41. The van der Waals surface area contributed by atoms with Gasteiger partial charge in [0.05, 0.1) is 0 Å². The van der Waals surface area contributed by atoms with Gasteiger partial charge in [-0.1, -0.05) is 13.0 Å². The first-order valence-corrected chi connectivity index (χ1v) is 7.05. The monoisotopic (exact) mass is 240 g/mol. The molecule has 0 amide bonds. The van der Waals surface area contributed by atoms with Crippen LogP contribution < -0.4 is 10.9 Å². The fourth-order valence-corrected chi connectivity index (χ4v) is 2.31. The second-order valence-electron chi connectivity index (χ2n) is 3.75. The lowest BCUT2D eigenvalue weighted by atomic mass is 10.2. The average Bonchev–Trinajstić information content (AvgIpc) is 2.30. The number of nitrogens with one attached hydrogen (secondary N) is 1. The molecule has 0 spiro atoms. The second kappa shape index (κ2) is 7.52. The lowest BCUT2D eigenvalue weighted by Crippen LogP contribution is -2.34. The Kier molecular flexibility index (Phi) is 6.26. The van der Waals surface area contributed by atoms with Crippen LogP contribution in [0.15, 0.2) is 29.2 Å². The zero-order valence-electron chi connectivity index (χ0n) is 9.98. The molecular weight excluding hydrogens is 220 g/mol. The van der Waals surface area contributed by atoms with E-state index in [1.165, 1.54) is 0 Å². The van der Waals surface area contributed by atoms with Crippen molar-refractivity contribution in [1.29, 1.82) is 0 Å². The molecule has 90 valence electrons. The fourth-order valence-electron chi connectivity index (χ4n) is 1.56. The van der Waals surface area contributed by atoms with Gasteiger partial charge in [0.15, 0.2) is 0 Å². The standard InChI is InChI=1S/C12H20N2OS/c1-3-11(10-16-2)13-7-9-14-8-5-4-6-12(14)15/h4-6,8,11,13H,3,7,9-10H2,1-2H3. The fraction of sp³-hybridized carbons (Fsp3) is 0.583. The maximum absolute atomic E-state index is 11.4. The van der Waals surface area contributed by atoms with Crippen LogP contribution in [0.3, 0.4) is 0 Å². The van der Waals surface area contributed by atoms with Crippen LogP contribution in [-0.2, 0) is 6.54 Å². The zero-order chi connectivity index (χ0) is 11.8. The number of aromatic nitrogens is 1. The predicted molar refractivity (Wildman–Crippen MR) is 71.2 cm³/mol. The van der Waals surface area contributed by atoms with E-state index in [4.69, 9.17) is 0 Å². The van der Waals surface area contributed by atoms with Gasteiger partial charge in [0.25, 0.3) is 5.56 Å². The summed E-state index contributed by atoms with van der Waals surface area (Å²) >= 11 is 1.85. The van der Waals surface area contributed by atoms with Gasteiger partial charge in [-0.2, -0.15) is 11.8 Å². The van der Waals surface area contributed by atoms with Gasteiger partial charge in [-0.25, -0.2) is 0 Å². The summed E-state index contributed by atoms with van der Waals surface area (Å²) in [7, 11) is 0. The summed E-state index contributed by atoms with van der Waals surface area (Å²) in [5, 5.41) is 3.47. The van der Waals surface area contributed by atoms with Crippen LogP contribution in [-0.4, -0.2) is 29.2 Å². The molecule has 4 heteroatoms. The molecule has 0 aliphatic rings. The molecule has 1 aromatic rings. The maximum Gasteiger partial charge on any atom is 0.250 e. The van der Waals surface area contributed by atoms with Crippen molar-refractivity contribution in [2.45, 2.75) is 25.9 Å². The van der Waals surface area contributed by atoms with Crippen molar-refractivity contribution < 1.29 is 0 Å². The van der Waals surface area contributed by atoms with E-state index in [2.05, 4.69) is 18.5 Å². The highest BCUT2D eigenvalue weighted by Gasteiger charge is 2.03. The van der Waals surface area contributed by atoms with Gasteiger partial charge in [0.2, 0.25) is 0 Å². The number of pyridine rings is 1. The Bertz CT molecular complexity index is 351. The summed E-state index contributed by atoms with van der Waals surface area (Å²) in [6, 6.07) is 5.81. The van der Waals surface area contributed by atoms with Crippen molar-refractivity contribution in [3.63, 3.8) is 0 Å². The van der Waals surface area contributed by atoms with Gasteiger partial charge >= 0.3 is 0 Å². The summed E-state index contributed by atoms with van der Waals surface area (Å²) in [5.41, 5.74) is 0.0715. The molecule has 1 unspecified atom stereocenters. The molecule has 1 rings (SSSR count). The summed E-state index contributed by atoms with van der Waals surface area (Å²) < 4.78 is 1.73. The maximum atomic E-state index is 11.4. The topological polar surface area (TPSA) is 34.0 Å². The summed E-state index contributed by atoms with van der Waals surface area (Å²) in [6.07, 6.45) is 5.08. The molecule has 3 nitrogen and oxygen atoms in total. The van der Waals surface area contributed by atoms with Gasteiger partial charge in [-0.15, -0.1) is 0 Å². The van der Waals surface area contributed by atoms with Crippen molar-refractivity contribution in [2.24, 2.45) is 0 Å². The minimum Gasteiger partial charge on any atom is -0.314 e. The van der Waals surface area contributed by atoms with E-state index in [0.717, 1.165) is 25.3 Å². The quantitative estimate of drug-likeness (QED) is 0.785. The molecule has 0 radical (unpaired) electrons. The van der Waals surface area contributed by atoms with E-state index in [9.17, 15) is 4.79 Å². The van der Waals surface area contributed by atoms with Crippen molar-refractivity contribution >= 4 is 11.8 Å². The highest BCUT2D eigenvalue weighted by Crippen LogP contribution is 2.00. The Morgan fingerprint density at radius 1 is 1.50 bits per heavy atom. The first-order chi connectivity index (χ1) is 7.77. The molecule has 0 bridgehead atoms. The number of rotatable bonds is 7. The Labute approximate surface area is 101 Å². The van der Waals surface area contributed by atoms with Crippen LogP contribution in [0, 0.1) is 0 Å². The van der Waals surface area contributed by atoms with E-state index < -0.39 is 0 Å². The summed E-state index contributed by atoms with van der Waals surface area (Å²) in [4.78, 5) is 11.4. The van der Waals surface area contributed by atoms with Crippen LogP contribution in [0.25, 0.3) is 0 Å². The summed E-state index contributed by atoms with van der Waals surface area (Å²) in [6.45, 7) is 3.77. The molecule has 0 aromatic carbocycles. The largest absolute Gasteiger partial charge is 0.314 e. The van der Waals surface area contributed by atoms with E-state index in [1.807, 2.05) is 24.0 Å². The van der Waals surface area contributed by atoms with Crippen molar-refractivity contribution in [1.82, 2.24) is 9.88 Å². The first-order valence-electron chi connectivity index (χ1n) is 5.65. The Morgan fingerprint density at radius 2 is 2.31 bits per heavy atom. The van der Waals surface area contributed by atoms with E-state index in [1.54, 1.807) is 16.7 Å². The lowest BCUT2D eigenvalue weighted by molar-refractivity contribution is 0.505. The van der Waals surface area contributed by atoms with Gasteiger partial charge in [-0.3, -0.25) is 4.79 Å². The third-order valence-corrected chi connectivity index (χ3v) is 3.28. The molecule has 16 heavy (non-hydrogen) atoms. The van der Waals surface area contributed by atoms with Crippen LogP contribution in [0.4, 0.5) is 0 Å². The minimum absolute atomic E-state index is 0.0715. The van der Waals surface area contributed by atoms with Gasteiger partial charge in [-0.05, 0) is 18.7 Å². The van der Waals surface area contributed by atoms with Gasteiger partial charge < -0.3 is 9.88 Å². The van der Waals surface area contributed by atoms with Crippen molar-refractivity contribution in [3.05, 3.63) is 34.7 Å². The minimum atomic E-state index is 0.0715. The van der Waals surface area contributed by atoms with Crippen LogP contribution in [0.2, 0.25) is 0 Å². The molecule has 0 saturated heterocycles. The van der Waals surface area contributed by atoms with Crippen LogP contribution in [0.5, 0.6) is 0 Å². The molecule has 0 saturated carbocycles. The predicted octanol–water partition coefficient (Wildman–Crippen LogP) is 1.58. The average molecular weight is 240 g/mol. The molecule has 1 N–H and O–H groups in total. The number of hydrogen-bond donors (Lipinski definition) is 1. The summed E-state index contributed by atoms with van der Waals surface area (Å²) in [5.74, 6) is 1.13. The highest BCUT2D eigenvalue weighted by molar-refractivity contribution is 7.98. The molecule has 0 fully saturated rings. The van der Waals surface area contributed by atoms with E-state index in [-0.39, 0.29) is 5.56 Å².